The lowest BCUT2D eigenvalue weighted by Crippen LogP contribution is -2.26. The standard InChI is InChI=1S/C21H33N/c1-20(2,3)19-9-7-17(8-10-19)15-21(4,5)16-18-11-13-22(6)14-12-18/h7-11H,12-16H2,1-6H3. The van der Waals surface area contributed by atoms with Crippen LogP contribution in [0.3, 0.4) is 0 Å². The van der Waals surface area contributed by atoms with Gasteiger partial charge in [-0.25, -0.2) is 0 Å². The Bertz CT molecular complexity index is 514. The van der Waals surface area contributed by atoms with Gasteiger partial charge < -0.3 is 4.90 Å². The van der Waals surface area contributed by atoms with Crippen LogP contribution in [0, 0.1) is 5.41 Å². The Balaban J connectivity index is 1.99. The van der Waals surface area contributed by atoms with Gasteiger partial charge in [0.2, 0.25) is 0 Å². The summed E-state index contributed by atoms with van der Waals surface area (Å²) in [6.07, 6.45) is 6.06. The van der Waals surface area contributed by atoms with Crippen LogP contribution in [0.5, 0.6) is 0 Å². The quantitative estimate of drug-likeness (QED) is 0.690. The normalized spacial score (nSPS) is 17.5. The van der Waals surface area contributed by atoms with E-state index in [0.29, 0.717) is 5.41 Å². The highest BCUT2D eigenvalue weighted by Gasteiger charge is 2.22. The molecule has 1 aromatic rings. The zero-order valence-corrected chi connectivity index (χ0v) is 15.4. The van der Waals surface area contributed by atoms with Gasteiger partial charge in [0.1, 0.15) is 0 Å². The van der Waals surface area contributed by atoms with Gasteiger partial charge in [0.25, 0.3) is 0 Å². The van der Waals surface area contributed by atoms with Crippen LogP contribution in [0.25, 0.3) is 0 Å². The first-order chi connectivity index (χ1) is 10.2. The summed E-state index contributed by atoms with van der Waals surface area (Å²) in [5.74, 6) is 0. The molecule has 0 amide bonds. The number of likely N-dealkylation sites (N-methyl/N-ethyl adjacent to an activating group) is 1. The molecule has 1 aliphatic heterocycles. The Morgan fingerprint density at radius 3 is 2.09 bits per heavy atom. The highest BCUT2D eigenvalue weighted by molar-refractivity contribution is 5.28. The van der Waals surface area contributed by atoms with Crippen molar-refractivity contribution in [2.45, 2.75) is 59.3 Å². The van der Waals surface area contributed by atoms with Gasteiger partial charge in [-0.05, 0) is 48.3 Å². The van der Waals surface area contributed by atoms with E-state index in [4.69, 9.17) is 0 Å². The fraction of sp³-hybridized carbons (Fsp3) is 0.619. The molecule has 0 radical (unpaired) electrons. The molecule has 0 atom stereocenters. The van der Waals surface area contributed by atoms with Crippen LogP contribution < -0.4 is 0 Å². The topological polar surface area (TPSA) is 3.24 Å². The minimum absolute atomic E-state index is 0.243. The minimum Gasteiger partial charge on any atom is -0.302 e. The van der Waals surface area contributed by atoms with Crippen LogP contribution in [0.15, 0.2) is 35.9 Å². The van der Waals surface area contributed by atoms with E-state index in [-0.39, 0.29) is 5.41 Å². The van der Waals surface area contributed by atoms with E-state index in [1.807, 2.05) is 0 Å². The predicted molar refractivity (Wildman–Crippen MR) is 97.4 cm³/mol. The van der Waals surface area contributed by atoms with Crippen molar-refractivity contribution in [3.63, 3.8) is 0 Å². The van der Waals surface area contributed by atoms with Crippen LogP contribution in [-0.4, -0.2) is 25.0 Å². The summed E-state index contributed by atoms with van der Waals surface area (Å²) >= 11 is 0. The number of rotatable bonds is 4. The SMILES string of the molecule is CN1CC=C(CC(C)(C)Cc2ccc(C(C)(C)C)cc2)CC1. The fourth-order valence-corrected chi connectivity index (χ4v) is 3.33. The zero-order valence-electron chi connectivity index (χ0n) is 15.4. The number of hydrogen-bond donors (Lipinski definition) is 0. The molecule has 0 fully saturated rings. The van der Waals surface area contributed by atoms with E-state index in [0.717, 1.165) is 13.0 Å². The summed E-state index contributed by atoms with van der Waals surface area (Å²) in [5, 5.41) is 0. The summed E-state index contributed by atoms with van der Waals surface area (Å²) in [6.45, 7) is 14.0. The Morgan fingerprint density at radius 2 is 1.59 bits per heavy atom. The van der Waals surface area contributed by atoms with E-state index < -0.39 is 0 Å². The van der Waals surface area contributed by atoms with Crippen molar-refractivity contribution in [3.8, 4) is 0 Å². The van der Waals surface area contributed by atoms with E-state index in [1.54, 1.807) is 5.57 Å². The van der Waals surface area contributed by atoms with Crippen molar-refractivity contribution in [2.75, 3.05) is 20.1 Å². The van der Waals surface area contributed by atoms with Crippen LogP contribution in [-0.2, 0) is 11.8 Å². The molecule has 1 nitrogen and oxygen atoms in total. The van der Waals surface area contributed by atoms with Crippen molar-refractivity contribution in [1.29, 1.82) is 0 Å². The Labute approximate surface area is 137 Å². The van der Waals surface area contributed by atoms with Crippen molar-refractivity contribution in [2.24, 2.45) is 5.41 Å². The molecule has 0 spiro atoms. The zero-order chi connectivity index (χ0) is 16.4. The van der Waals surface area contributed by atoms with Crippen LogP contribution in [0.2, 0.25) is 0 Å². The summed E-state index contributed by atoms with van der Waals surface area (Å²) < 4.78 is 0. The fourth-order valence-electron chi connectivity index (χ4n) is 3.33. The maximum Gasteiger partial charge on any atom is 0.0162 e. The van der Waals surface area contributed by atoms with Crippen LogP contribution >= 0.6 is 0 Å². The molecule has 22 heavy (non-hydrogen) atoms. The maximum absolute atomic E-state index is 2.44. The Morgan fingerprint density at radius 1 is 0.955 bits per heavy atom. The Hall–Kier alpha value is -1.08. The van der Waals surface area contributed by atoms with Crippen molar-refractivity contribution in [1.82, 2.24) is 4.90 Å². The lowest BCUT2D eigenvalue weighted by Gasteiger charge is -2.30. The summed E-state index contributed by atoms with van der Waals surface area (Å²) in [7, 11) is 2.20. The summed E-state index contributed by atoms with van der Waals surface area (Å²) in [6, 6.07) is 9.26. The molecule has 0 aromatic heterocycles. The van der Waals surface area contributed by atoms with Crippen molar-refractivity contribution < 1.29 is 0 Å². The third kappa shape index (κ3) is 4.98. The molecule has 1 heterocycles. The number of hydrogen-bond acceptors (Lipinski definition) is 1. The third-order valence-electron chi connectivity index (χ3n) is 4.71. The molecule has 0 N–H and O–H groups in total. The van der Waals surface area contributed by atoms with Gasteiger partial charge in [0.05, 0.1) is 0 Å². The molecule has 0 saturated carbocycles. The van der Waals surface area contributed by atoms with Gasteiger partial charge >= 0.3 is 0 Å². The number of benzene rings is 1. The van der Waals surface area contributed by atoms with Gasteiger partial charge in [0.15, 0.2) is 0 Å². The van der Waals surface area contributed by atoms with Crippen LogP contribution in [0.1, 0.15) is 58.6 Å². The highest BCUT2D eigenvalue weighted by atomic mass is 15.1. The minimum atomic E-state index is 0.243. The van der Waals surface area contributed by atoms with Gasteiger partial charge in [-0.15, -0.1) is 0 Å². The number of nitrogens with zero attached hydrogens (tertiary/aromatic N) is 1. The molecule has 0 aliphatic carbocycles. The van der Waals surface area contributed by atoms with Gasteiger partial charge in [0, 0.05) is 13.1 Å². The highest BCUT2D eigenvalue weighted by Crippen LogP contribution is 2.32. The third-order valence-corrected chi connectivity index (χ3v) is 4.71. The average Bonchev–Trinajstić information content (AvgIpc) is 2.40. The first-order valence-corrected chi connectivity index (χ1v) is 8.62. The van der Waals surface area contributed by atoms with Crippen molar-refractivity contribution in [3.05, 3.63) is 47.0 Å². The molecule has 122 valence electrons. The second-order valence-corrected chi connectivity index (χ2v) is 8.84. The Kier molecular flexibility index (Phi) is 5.17. The van der Waals surface area contributed by atoms with E-state index in [9.17, 15) is 0 Å². The first-order valence-electron chi connectivity index (χ1n) is 8.62. The lowest BCUT2D eigenvalue weighted by molar-refractivity contribution is 0.320. The molecule has 1 aromatic carbocycles. The molecule has 0 saturated heterocycles. The molecular formula is C21H33N. The maximum atomic E-state index is 2.44. The molecule has 1 heteroatoms. The van der Waals surface area contributed by atoms with Crippen molar-refractivity contribution >= 4 is 0 Å². The lowest BCUT2D eigenvalue weighted by atomic mass is 9.78. The van der Waals surface area contributed by atoms with Gasteiger partial charge in [-0.1, -0.05) is 70.5 Å². The van der Waals surface area contributed by atoms with E-state index in [2.05, 4.69) is 76.9 Å². The van der Waals surface area contributed by atoms with Gasteiger partial charge in [-0.3, -0.25) is 0 Å². The second kappa shape index (κ2) is 6.58. The van der Waals surface area contributed by atoms with E-state index in [1.165, 1.54) is 30.5 Å². The van der Waals surface area contributed by atoms with E-state index >= 15 is 0 Å². The smallest absolute Gasteiger partial charge is 0.0162 e. The predicted octanol–water partition coefficient (Wildman–Crippen LogP) is 5.20. The molecular weight excluding hydrogens is 266 g/mol. The molecule has 0 bridgehead atoms. The molecule has 0 unspecified atom stereocenters. The molecule has 2 rings (SSSR count). The monoisotopic (exact) mass is 299 g/mol. The molecule has 1 aliphatic rings. The second-order valence-electron chi connectivity index (χ2n) is 8.84. The summed E-state index contributed by atoms with van der Waals surface area (Å²) in [5.41, 5.74) is 5.12. The van der Waals surface area contributed by atoms with Gasteiger partial charge in [-0.2, -0.15) is 0 Å². The summed E-state index contributed by atoms with van der Waals surface area (Å²) in [4.78, 5) is 2.39. The van der Waals surface area contributed by atoms with Crippen LogP contribution in [0.4, 0.5) is 0 Å². The largest absolute Gasteiger partial charge is 0.302 e. The average molecular weight is 300 g/mol. The first kappa shape index (κ1) is 17.3.